The van der Waals surface area contributed by atoms with E-state index in [-0.39, 0.29) is 11.0 Å². The fourth-order valence-corrected chi connectivity index (χ4v) is 8.64. The lowest BCUT2D eigenvalue weighted by Gasteiger charge is -2.28. The van der Waals surface area contributed by atoms with E-state index in [4.69, 9.17) is 14.0 Å². The number of carboxylic acid groups (broad SMARTS) is 1. The van der Waals surface area contributed by atoms with Crippen LogP contribution in [0.4, 0.5) is 17.1 Å². The van der Waals surface area contributed by atoms with Crippen molar-refractivity contribution in [2.75, 3.05) is 4.90 Å². The van der Waals surface area contributed by atoms with Crippen LogP contribution in [-0.2, 0) is 10.2 Å². The Morgan fingerprint density at radius 3 is 2.00 bits per heavy atom. The monoisotopic (exact) mass is 672 g/mol. The molecule has 49 heavy (non-hydrogen) atoms. The Bertz CT molecular complexity index is 2420. The Hall–Kier alpha value is -5.88. The third-order valence-electron chi connectivity index (χ3n) is 9.18. The number of carboxylic acids is 1. The average Bonchev–Trinajstić information content (AvgIpc) is 3.84. The summed E-state index contributed by atoms with van der Waals surface area (Å²) in [6.45, 7) is 4.62. The van der Waals surface area contributed by atoms with Gasteiger partial charge in [-0.2, -0.15) is 14.0 Å². The van der Waals surface area contributed by atoms with Gasteiger partial charge in [-0.15, -0.1) is 11.3 Å². The number of nitrogens with zero attached hydrogens (tertiary/aromatic N) is 4. The standard InChI is InChI=1S/C41H28N4O2S2/c1-41(2)34-22-30(45(28-9-5-3-6-10-28)29-11-7-4-8-12-29)17-18-32(34)39-35(41)23-36(48-39)33-20-19-31(37-38(33)44-49-43-37)26-15-13-25(14-16-26)21-27(24-42)40(46)47/h3-23H,1-2H3,(H,46,47)/b27-21-. The van der Waals surface area contributed by atoms with Crippen LogP contribution in [0, 0.1) is 11.3 Å². The summed E-state index contributed by atoms with van der Waals surface area (Å²) in [7, 11) is 0. The summed E-state index contributed by atoms with van der Waals surface area (Å²) in [6, 6.07) is 43.6. The molecule has 5 aromatic carbocycles. The molecule has 1 N–H and O–H groups in total. The summed E-state index contributed by atoms with van der Waals surface area (Å²) >= 11 is 3.00. The van der Waals surface area contributed by atoms with Crippen LogP contribution in [0.2, 0.25) is 0 Å². The number of anilines is 3. The Morgan fingerprint density at radius 1 is 0.755 bits per heavy atom. The molecule has 8 rings (SSSR count). The number of fused-ring (bicyclic) bond motifs is 4. The van der Waals surface area contributed by atoms with Crippen molar-refractivity contribution in [1.29, 1.82) is 5.26 Å². The van der Waals surface area contributed by atoms with Gasteiger partial charge in [0, 0.05) is 43.4 Å². The number of benzene rings is 5. The maximum Gasteiger partial charge on any atom is 0.346 e. The molecule has 8 heteroatoms. The molecule has 0 saturated carbocycles. The summed E-state index contributed by atoms with van der Waals surface area (Å²) in [5.74, 6) is -1.24. The molecule has 0 aliphatic heterocycles. The van der Waals surface area contributed by atoms with Crippen molar-refractivity contribution in [3.8, 4) is 38.1 Å². The lowest BCUT2D eigenvalue weighted by atomic mass is 9.82. The fraction of sp³-hybridized carbons (Fsp3) is 0.0732. The van der Waals surface area contributed by atoms with Gasteiger partial charge in [0.15, 0.2) is 0 Å². The molecule has 0 amide bonds. The van der Waals surface area contributed by atoms with E-state index in [0.29, 0.717) is 5.56 Å². The number of para-hydroxylation sites is 2. The normalized spacial score (nSPS) is 13.1. The number of aromatic nitrogens is 2. The van der Waals surface area contributed by atoms with Gasteiger partial charge in [0.1, 0.15) is 22.7 Å². The van der Waals surface area contributed by atoms with Crippen LogP contribution >= 0.6 is 23.1 Å². The molecule has 1 aliphatic rings. The van der Waals surface area contributed by atoms with Gasteiger partial charge in [-0.3, -0.25) is 0 Å². The average molecular weight is 673 g/mol. The van der Waals surface area contributed by atoms with Gasteiger partial charge in [0.2, 0.25) is 0 Å². The summed E-state index contributed by atoms with van der Waals surface area (Å²) in [5, 5.41) is 18.3. The van der Waals surface area contributed by atoms with Crippen LogP contribution in [-0.4, -0.2) is 19.8 Å². The molecule has 0 atom stereocenters. The van der Waals surface area contributed by atoms with Gasteiger partial charge in [0.05, 0.1) is 11.7 Å². The first-order chi connectivity index (χ1) is 23.8. The van der Waals surface area contributed by atoms with E-state index in [9.17, 15) is 9.90 Å². The zero-order chi connectivity index (χ0) is 33.7. The highest BCUT2D eigenvalue weighted by atomic mass is 32.1. The predicted octanol–water partition coefficient (Wildman–Crippen LogP) is 10.9. The quantitative estimate of drug-likeness (QED) is 0.134. The number of carbonyl (C=O) groups is 1. The van der Waals surface area contributed by atoms with E-state index in [2.05, 4.69) is 104 Å². The van der Waals surface area contributed by atoms with Crippen molar-refractivity contribution in [3.63, 3.8) is 0 Å². The van der Waals surface area contributed by atoms with Crippen LogP contribution in [0.5, 0.6) is 0 Å². The van der Waals surface area contributed by atoms with E-state index in [1.807, 2.05) is 36.4 Å². The zero-order valence-corrected chi connectivity index (χ0v) is 28.2. The molecule has 0 unspecified atom stereocenters. The predicted molar refractivity (Wildman–Crippen MR) is 200 cm³/mol. The van der Waals surface area contributed by atoms with E-state index < -0.39 is 5.97 Å². The van der Waals surface area contributed by atoms with Gasteiger partial charge in [-0.25, -0.2) is 4.79 Å². The smallest absolute Gasteiger partial charge is 0.346 e. The van der Waals surface area contributed by atoms with E-state index in [1.165, 1.54) is 39.4 Å². The van der Waals surface area contributed by atoms with Crippen molar-refractivity contribution in [3.05, 3.63) is 144 Å². The van der Waals surface area contributed by atoms with Crippen LogP contribution in [0.15, 0.2) is 127 Å². The minimum atomic E-state index is -1.24. The molecule has 0 fully saturated rings. The Balaban J connectivity index is 1.16. The minimum absolute atomic E-state index is 0.198. The lowest BCUT2D eigenvalue weighted by Crippen LogP contribution is -2.16. The Kier molecular flexibility index (Phi) is 7.44. The molecule has 0 saturated heterocycles. The van der Waals surface area contributed by atoms with Gasteiger partial charge in [-0.1, -0.05) is 92.7 Å². The van der Waals surface area contributed by atoms with Gasteiger partial charge in [-0.05, 0) is 76.4 Å². The van der Waals surface area contributed by atoms with Crippen molar-refractivity contribution in [2.24, 2.45) is 0 Å². The fourth-order valence-electron chi connectivity index (χ4n) is 6.69. The van der Waals surface area contributed by atoms with E-state index in [1.54, 1.807) is 17.4 Å². The second-order valence-electron chi connectivity index (χ2n) is 12.4. The Labute approximate surface area is 291 Å². The largest absolute Gasteiger partial charge is 0.477 e. The molecule has 7 aromatic rings. The number of nitriles is 1. The van der Waals surface area contributed by atoms with Crippen LogP contribution in [0.1, 0.15) is 30.5 Å². The molecule has 0 radical (unpaired) electrons. The van der Waals surface area contributed by atoms with E-state index in [0.717, 1.165) is 49.7 Å². The van der Waals surface area contributed by atoms with Crippen LogP contribution < -0.4 is 4.90 Å². The maximum absolute atomic E-state index is 11.3. The third-order valence-corrected chi connectivity index (χ3v) is 10.9. The van der Waals surface area contributed by atoms with Crippen molar-refractivity contribution in [1.82, 2.24) is 8.75 Å². The summed E-state index contributed by atoms with van der Waals surface area (Å²) in [4.78, 5) is 16.0. The molecule has 0 spiro atoms. The topological polar surface area (TPSA) is 90.1 Å². The highest BCUT2D eigenvalue weighted by molar-refractivity contribution is 7.19. The first kappa shape index (κ1) is 30.5. The van der Waals surface area contributed by atoms with Gasteiger partial charge < -0.3 is 10.0 Å². The SMILES string of the molecule is CC1(C)c2cc(N(c3ccccc3)c3ccccc3)ccc2-c2sc(-c3ccc(-c4ccc(/C=C(/C#N)C(=O)O)cc4)c4nsnc34)cc21. The highest BCUT2D eigenvalue weighted by Crippen LogP contribution is 2.55. The maximum atomic E-state index is 11.3. The number of aliphatic carboxylic acids is 1. The van der Waals surface area contributed by atoms with Gasteiger partial charge in [0.25, 0.3) is 0 Å². The highest BCUT2D eigenvalue weighted by Gasteiger charge is 2.38. The molecule has 6 nitrogen and oxygen atoms in total. The first-order valence-corrected chi connectivity index (χ1v) is 17.3. The van der Waals surface area contributed by atoms with E-state index >= 15 is 0 Å². The second kappa shape index (κ2) is 12.0. The lowest BCUT2D eigenvalue weighted by molar-refractivity contribution is -0.132. The zero-order valence-electron chi connectivity index (χ0n) is 26.6. The van der Waals surface area contributed by atoms with Crippen LogP contribution in [0.25, 0.3) is 49.1 Å². The first-order valence-electron chi connectivity index (χ1n) is 15.7. The molecule has 2 heterocycles. The molecule has 236 valence electrons. The van der Waals surface area contributed by atoms with Crippen LogP contribution in [0.3, 0.4) is 0 Å². The number of rotatable bonds is 7. The summed E-state index contributed by atoms with van der Waals surface area (Å²) in [6.07, 6.45) is 1.37. The second-order valence-corrected chi connectivity index (χ2v) is 14.0. The summed E-state index contributed by atoms with van der Waals surface area (Å²) in [5.41, 5.74) is 12.0. The number of thiophene rings is 1. The van der Waals surface area contributed by atoms with Gasteiger partial charge >= 0.3 is 5.97 Å². The molecule has 0 bridgehead atoms. The molecular formula is C41H28N4O2S2. The van der Waals surface area contributed by atoms with Crippen molar-refractivity contribution >= 4 is 63.2 Å². The Morgan fingerprint density at radius 2 is 1.37 bits per heavy atom. The number of hydrogen-bond acceptors (Lipinski definition) is 7. The number of hydrogen-bond donors (Lipinski definition) is 1. The third kappa shape index (κ3) is 5.21. The molecule has 2 aromatic heterocycles. The molecular weight excluding hydrogens is 645 g/mol. The van der Waals surface area contributed by atoms with Crippen molar-refractivity contribution < 1.29 is 9.90 Å². The minimum Gasteiger partial charge on any atom is -0.477 e. The summed E-state index contributed by atoms with van der Waals surface area (Å²) < 4.78 is 9.43. The van der Waals surface area contributed by atoms with Crippen molar-refractivity contribution in [2.45, 2.75) is 19.3 Å². The molecule has 1 aliphatic carbocycles.